The first-order valence-electron chi connectivity index (χ1n) is 8.72. The van der Waals surface area contributed by atoms with Gasteiger partial charge in [-0.25, -0.2) is 8.42 Å². The molecule has 0 saturated heterocycles. The van der Waals surface area contributed by atoms with Crippen molar-refractivity contribution in [3.8, 4) is 28.4 Å². The minimum atomic E-state index is -3.90. The largest absolute Gasteiger partial charge is 0.497 e. The van der Waals surface area contributed by atoms with Crippen molar-refractivity contribution < 1.29 is 31.4 Å². The predicted octanol–water partition coefficient (Wildman–Crippen LogP) is 4.77. The minimum Gasteiger partial charge on any atom is -0.497 e. The van der Waals surface area contributed by atoms with Crippen LogP contribution in [0.3, 0.4) is 0 Å². The Bertz CT molecular complexity index is 1100. The average Bonchev–Trinajstić information content (AvgIpc) is 2.74. The highest BCUT2D eigenvalue weighted by Gasteiger charge is 2.17. The normalized spacial score (nSPS) is 11.2. The number of methoxy groups -OCH3 is 2. The summed E-state index contributed by atoms with van der Waals surface area (Å²) in [5.41, 5.74) is 1.04. The maximum atomic E-state index is 12.8. The molecule has 0 aliphatic heterocycles. The first kappa shape index (κ1) is 21.4. The van der Waals surface area contributed by atoms with Crippen molar-refractivity contribution in [2.75, 3.05) is 18.9 Å². The lowest BCUT2D eigenvalue weighted by atomic mass is 10.0. The lowest BCUT2D eigenvalue weighted by Crippen LogP contribution is -2.13. The van der Waals surface area contributed by atoms with Crippen LogP contribution in [0.5, 0.6) is 17.2 Å². The Kier molecular flexibility index (Phi) is 6.41. The molecule has 0 aromatic heterocycles. The molecule has 0 atom stereocenters. The number of ether oxygens (including phenoxy) is 3. The molecule has 3 aromatic rings. The summed E-state index contributed by atoms with van der Waals surface area (Å²) < 4.78 is 68.2. The van der Waals surface area contributed by atoms with Crippen molar-refractivity contribution in [2.24, 2.45) is 0 Å². The van der Waals surface area contributed by atoms with Crippen molar-refractivity contribution in [1.82, 2.24) is 0 Å². The fourth-order valence-corrected chi connectivity index (χ4v) is 3.81. The van der Waals surface area contributed by atoms with E-state index in [2.05, 4.69) is 9.46 Å². The first-order chi connectivity index (χ1) is 14.3. The van der Waals surface area contributed by atoms with Gasteiger partial charge in [0.1, 0.15) is 17.2 Å². The van der Waals surface area contributed by atoms with E-state index >= 15 is 0 Å². The molecule has 3 rings (SSSR count). The van der Waals surface area contributed by atoms with Crippen molar-refractivity contribution in [2.45, 2.75) is 11.5 Å². The Labute approximate surface area is 173 Å². The standard InChI is InChI=1S/C21H19F2NO5S/c1-27-16-6-3-14(4-7-16)19-13-15(5-12-20(19)29-21(22)23)24-30(25,26)18-10-8-17(28-2)9-11-18/h3-13,21,24H,1-2H3. The van der Waals surface area contributed by atoms with Gasteiger partial charge in [-0.15, -0.1) is 0 Å². The zero-order valence-electron chi connectivity index (χ0n) is 16.1. The van der Waals surface area contributed by atoms with Gasteiger partial charge >= 0.3 is 6.61 Å². The van der Waals surface area contributed by atoms with Crippen LogP contribution in [0.4, 0.5) is 14.5 Å². The molecule has 0 unspecified atom stereocenters. The van der Waals surface area contributed by atoms with Crippen LogP contribution in [0.2, 0.25) is 0 Å². The highest BCUT2D eigenvalue weighted by atomic mass is 32.2. The monoisotopic (exact) mass is 435 g/mol. The predicted molar refractivity (Wildman–Crippen MR) is 109 cm³/mol. The zero-order chi connectivity index (χ0) is 21.7. The van der Waals surface area contributed by atoms with Crippen LogP contribution in [0.25, 0.3) is 11.1 Å². The molecule has 0 amide bonds. The highest BCUT2D eigenvalue weighted by Crippen LogP contribution is 2.35. The second kappa shape index (κ2) is 9.00. The number of hydrogen-bond acceptors (Lipinski definition) is 5. The van der Waals surface area contributed by atoms with Gasteiger partial charge < -0.3 is 14.2 Å². The number of halogens is 2. The van der Waals surface area contributed by atoms with Crippen LogP contribution in [-0.4, -0.2) is 29.2 Å². The molecule has 0 bridgehead atoms. The SMILES string of the molecule is COc1ccc(-c2cc(NS(=O)(=O)c3ccc(OC)cc3)ccc2OC(F)F)cc1. The van der Waals surface area contributed by atoms with E-state index in [0.717, 1.165) is 0 Å². The Morgan fingerprint density at radius 1 is 0.833 bits per heavy atom. The van der Waals surface area contributed by atoms with Gasteiger partial charge in [-0.3, -0.25) is 4.72 Å². The van der Waals surface area contributed by atoms with E-state index in [1.54, 1.807) is 24.3 Å². The summed E-state index contributed by atoms with van der Waals surface area (Å²) in [5, 5.41) is 0. The molecular weight excluding hydrogens is 416 g/mol. The van der Waals surface area contributed by atoms with Crippen LogP contribution in [0, 0.1) is 0 Å². The molecule has 0 spiro atoms. The minimum absolute atomic E-state index is 0.0298. The van der Waals surface area contributed by atoms with Crippen LogP contribution < -0.4 is 18.9 Å². The summed E-state index contributed by atoms with van der Waals surface area (Å²) in [4.78, 5) is 0.0298. The number of rotatable bonds is 8. The van der Waals surface area contributed by atoms with Crippen molar-refractivity contribution in [3.63, 3.8) is 0 Å². The van der Waals surface area contributed by atoms with E-state index in [-0.39, 0.29) is 16.3 Å². The fraction of sp³-hybridized carbons (Fsp3) is 0.143. The van der Waals surface area contributed by atoms with Crippen molar-refractivity contribution in [1.29, 1.82) is 0 Å². The van der Waals surface area contributed by atoms with Gasteiger partial charge in [-0.1, -0.05) is 12.1 Å². The molecule has 0 heterocycles. The van der Waals surface area contributed by atoms with Gasteiger partial charge in [-0.05, 0) is 60.2 Å². The molecular formula is C21H19F2NO5S. The molecule has 9 heteroatoms. The number of hydrogen-bond donors (Lipinski definition) is 1. The van der Waals surface area contributed by atoms with Crippen molar-refractivity contribution >= 4 is 15.7 Å². The van der Waals surface area contributed by atoms with E-state index in [9.17, 15) is 17.2 Å². The Morgan fingerprint density at radius 3 is 1.93 bits per heavy atom. The van der Waals surface area contributed by atoms with E-state index in [0.29, 0.717) is 22.6 Å². The molecule has 0 saturated carbocycles. The number of sulfonamides is 1. The molecule has 30 heavy (non-hydrogen) atoms. The van der Waals surface area contributed by atoms with Gasteiger partial charge in [0, 0.05) is 11.3 Å². The molecule has 0 aliphatic carbocycles. The number of alkyl halides is 2. The second-order valence-corrected chi connectivity index (χ2v) is 7.78. The number of anilines is 1. The van der Waals surface area contributed by atoms with E-state index in [4.69, 9.17) is 9.47 Å². The molecule has 3 aromatic carbocycles. The third-order valence-corrected chi connectivity index (χ3v) is 5.62. The van der Waals surface area contributed by atoms with E-state index < -0.39 is 16.6 Å². The molecule has 0 radical (unpaired) electrons. The van der Waals surface area contributed by atoms with E-state index in [1.165, 1.54) is 56.7 Å². The zero-order valence-corrected chi connectivity index (χ0v) is 17.0. The van der Waals surface area contributed by atoms with E-state index in [1.807, 2.05) is 0 Å². The Balaban J connectivity index is 1.96. The third kappa shape index (κ3) is 4.98. The number of nitrogens with one attached hydrogen (secondary N) is 1. The molecule has 6 nitrogen and oxygen atoms in total. The summed E-state index contributed by atoms with van der Waals surface area (Å²) in [7, 11) is -0.912. The maximum absolute atomic E-state index is 12.8. The van der Waals surface area contributed by atoms with Crippen LogP contribution in [0.1, 0.15) is 0 Å². The third-order valence-electron chi connectivity index (χ3n) is 4.22. The molecule has 158 valence electrons. The van der Waals surface area contributed by atoms with Crippen molar-refractivity contribution in [3.05, 3.63) is 66.7 Å². The quantitative estimate of drug-likeness (QED) is 0.552. The van der Waals surface area contributed by atoms with Gasteiger partial charge in [0.25, 0.3) is 10.0 Å². The summed E-state index contributed by atoms with van der Waals surface area (Å²) in [5.74, 6) is 1.03. The average molecular weight is 435 g/mol. The van der Waals surface area contributed by atoms with Gasteiger partial charge in [0.2, 0.25) is 0 Å². The summed E-state index contributed by atoms with van der Waals surface area (Å²) >= 11 is 0. The molecule has 0 fully saturated rings. The first-order valence-corrected chi connectivity index (χ1v) is 10.2. The lowest BCUT2D eigenvalue weighted by molar-refractivity contribution is -0.0494. The maximum Gasteiger partial charge on any atom is 0.387 e. The van der Waals surface area contributed by atoms with Crippen LogP contribution >= 0.6 is 0 Å². The summed E-state index contributed by atoms with van der Waals surface area (Å²) in [6.07, 6.45) is 0. The van der Waals surface area contributed by atoms with Crippen LogP contribution in [0.15, 0.2) is 71.6 Å². The second-order valence-electron chi connectivity index (χ2n) is 6.10. The van der Waals surface area contributed by atoms with Gasteiger partial charge in [0.15, 0.2) is 0 Å². The number of benzene rings is 3. The smallest absolute Gasteiger partial charge is 0.387 e. The van der Waals surface area contributed by atoms with Gasteiger partial charge in [-0.2, -0.15) is 8.78 Å². The highest BCUT2D eigenvalue weighted by molar-refractivity contribution is 7.92. The summed E-state index contributed by atoms with van der Waals surface area (Å²) in [6, 6.07) is 16.6. The Hall–Kier alpha value is -3.33. The Morgan fingerprint density at radius 2 is 1.40 bits per heavy atom. The topological polar surface area (TPSA) is 73.9 Å². The molecule has 1 N–H and O–H groups in total. The van der Waals surface area contributed by atoms with Gasteiger partial charge in [0.05, 0.1) is 19.1 Å². The molecule has 0 aliphatic rings. The summed E-state index contributed by atoms with van der Waals surface area (Å²) in [6.45, 7) is -3.02. The van der Waals surface area contributed by atoms with Crippen LogP contribution in [-0.2, 0) is 10.0 Å². The lowest BCUT2D eigenvalue weighted by Gasteiger charge is -2.15. The fourth-order valence-electron chi connectivity index (χ4n) is 2.76.